The first-order valence-electron chi connectivity index (χ1n) is 10.3. The van der Waals surface area contributed by atoms with Crippen LogP contribution in [0, 0.1) is 0 Å². The predicted octanol–water partition coefficient (Wildman–Crippen LogP) is 3.91. The highest BCUT2D eigenvalue weighted by atomic mass is 19.4. The molecule has 168 valence electrons. The van der Waals surface area contributed by atoms with E-state index in [1.54, 1.807) is 30.1 Å². The topological polar surface area (TPSA) is 76.8 Å². The molecule has 2 aromatic rings. The van der Waals surface area contributed by atoms with Crippen molar-refractivity contribution in [3.8, 4) is 0 Å². The fourth-order valence-corrected chi connectivity index (χ4v) is 3.62. The van der Waals surface area contributed by atoms with Gasteiger partial charge in [0, 0.05) is 31.0 Å². The van der Waals surface area contributed by atoms with Crippen LogP contribution in [0.15, 0.2) is 31.2 Å². The van der Waals surface area contributed by atoms with Crippen molar-refractivity contribution < 1.29 is 18.0 Å². The molecule has 1 amide bonds. The van der Waals surface area contributed by atoms with Gasteiger partial charge in [-0.3, -0.25) is 14.0 Å². The molecule has 0 spiro atoms. The minimum absolute atomic E-state index is 0.0486. The lowest BCUT2D eigenvalue weighted by molar-refractivity contribution is -0.140. The van der Waals surface area contributed by atoms with Crippen molar-refractivity contribution >= 4 is 17.8 Å². The lowest BCUT2D eigenvalue weighted by Crippen LogP contribution is -2.42. The molecule has 0 aliphatic heterocycles. The van der Waals surface area contributed by atoms with E-state index in [0.717, 1.165) is 31.9 Å². The van der Waals surface area contributed by atoms with Gasteiger partial charge in [-0.2, -0.15) is 18.3 Å². The molecule has 2 aromatic heterocycles. The molecule has 2 N–H and O–H groups in total. The van der Waals surface area contributed by atoms with Gasteiger partial charge in [0.25, 0.3) is 5.91 Å². The Morgan fingerprint density at radius 3 is 2.42 bits per heavy atom. The van der Waals surface area contributed by atoms with Crippen LogP contribution in [0.4, 0.5) is 13.2 Å². The highest BCUT2D eigenvalue weighted by Gasteiger charge is 2.35. The molecule has 3 rings (SSSR count). The molecule has 0 saturated heterocycles. The molecule has 1 fully saturated rings. The molecule has 1 saturated carbocycles. The smallest absolute Gasteiger partial charge is 0.369 e. The van der Waals surface area contributed by atoms with Crippen molar-refractivity contribution in [3.05, 3.63) is 48.3 Å². The molecule has 1 aliphatic rings. The van der Waals surface area contributed by atoms with Crippen LogP contribution in [-0.2, 0) is 12.7 Å². The second-order valence-corrected chi connectivity index (χ2v) is 7.55. The zero-order chi connectivity index (χ0) is 22.6. The number of carbonyl (C=O) groups excluding carboxylic acids is 1. The number of imidazole rings is 1. The van der Waals surface area contributed by atoms with Crippen molar-refractivity contribution in [1.29, 1.82) is 0 Å². The number of hydrogen-bond donors (Lipinski definition) is 2. The Kier molecular flexibility index (Phi) is 6.87. The van der Waals surface area contributed by atoms with Gasteiger partial charge in [0.15, 0.2) is 5.69 Å². The van der Waals surface area contributed by atoms with Gasteiger partial charge in [0.05, 0.1) is 11.8 Å². The number of carbonyl (C=O) groups is 1. The molecule has 0 unspecified atom stereocenters. The summed E-state index contributed by atoms with van der Waals surface area (Å²) in [4.78, 5) is 16.0. The Labute approximate surface area is 179 Å². The molecule has 31 heavy (non-hydrogen) atoms. The van der Waals surface area contributed by atoms with E-state index in [2.05, 4.69) is 27.3 Å². The first kappa shape index (κ1) is 22.6. The lowest BCUT2D eigenvalue weighted by atomic mass is 9.91. The Balaban J connectivity index is 1.55. The Hall–Kier alpha value is -3.04. The Morgan fingerprint density at radius 1 is 1.23 bits per heavy atom. The second-order valence-electron chi connectivity index (χ2n) is 7.55. The summed E-state index contributed by atoms with van der Waals surface area (Å²) >= 11 is 0. The van der Waals surface area contributed by atoms with Crippen LogP contribution in [-0.4, -0.2) is 37.3 Å². The maximum atomic E-state index is 13.0. The van der Waals surface area contributed by atoms with E-state index in [4.69, 9.17) is 0 Å². The van der Waals surface area contributed by atoms with E-state index in [0.29, 0.717) is 17.9 Å². The van der Waals surface area contributed by atoms with E-state index in [1.807, 2.05) is 6.92 Å². The van der Waals surface area contributed by atoms with Crippen molar-refractivity contribution in [3.63, 3.8) is 0 Å². The molecular formula is C21H27F3N6O. The number of allylic oxidation sites excluding steroid dienone is 1. The van der Waals surface area contributed by atoms with E-state index >= 15 is 0 Å². The van der Waals surface area contributed by atoms with E-state index in [1.165, 1.54) is 10.6 Å². The van der Waals surface area contributed by atoms with Crippen LogP contribution >= 0.6 is 0 Å². The molecule has 0 aromatic carbocycles. The highest BCUT2D eigenvalue weighted by Crippen LogP contribution is 2.29. The number of rotatable bonds is 7. The maximum Gasteiger partial charge on any atom is 0.434 e. The molecule has 0 bridgehead atoms. The maximum absolute atomic E-state index is 13.0. The number of alkyl halides is 3. The van der Waals surface area contributed by atoms with E-state index < -0.39 is 11.9 Å². The fourth-order valence-electron chi connectivity index (χ4n) is 3.62. The van der Waals surface area contributed by atoms with Gasteiger partial charge >= 0.3 is 6.18 Å². The highest BCUT2D eigenvalue weighted by molar-refractivity contribution is 5.93. The van der Waals surface area contributed by atoms with Gasteiger partial charge in [0.2, 0.25) is 0 Å². The predicted molar refractivity (Wildman–Crippen MR) is 112 cm³/mol. The van der Waals surface area contributed by atoms with Gasteiger partial charge in [-0.05, 0) is 45.6 Å². The molecule has 2 heterocycles. The summed E-state index contributed by atoms with van der Waals surface area (Å²) in [5.41, 5.74) is -0.422. The third-order valence-electron chi connectivity index (χ3n) is 5.28. The average Bonchev–Trinajstić information content (AvgIpc) is 3.37. The minimum Gasteiger partial charge on any atom is -0.369 e. The van der Waals surface area contributed by atoms with Crippen molar-refractivity contribution in [2.45, 2.75) is 64.3 Å². The molecule has 7 nitrogen and oxygen atoms in total. The standard InChI is InChI=1S/C21H27F3N6O/c1-4-6-19-28-18(21(22,23)24)13-30(19)14(3)26-16-7-9-17(10-8-16)27-20(31)15-11-25-29(5-2)12-15/h4,6,11-13,16-17,26H,3,5,7-10H2,1-2H3,(H,27,31)/b6-4-/t16-,17+. The number of nitrogens with one attached hydrogen (secondary N) is 2. The number of nitrogens with zero attached hydrogens (tertiary/aromatic N) is 4. The Bertz CT molecular complexity index is 951. The first-order chi connectivity index (χ1) is 14.7. The quantitative estimate of drug-likeness (QED) is 0.690. The largest absolute Gasteiger partial charge is 0.434 e. The van der Waals surface area contributed by atoms with Gasteiger partial charge in [-0.25, -0.2) is 4.98 Å². The van der Waals surface area contributed by atoms with Crippen molar-refractivity contribution in [2.75, 3.05) is 0 Å². The molecular weight excluding hydrogens is 409 g/mol. The SMILES string of the molecule is C=C(N[C@H]1CC[C@@H](NC(=O)c2cnn(CC)c2)CC1)n1cc(C(F)(F)F)nc1/C=C\C. The van der Waals surface area contributed by atoms with Crippen LogP contribution < -0.4 is 10.6 Å². The van der Waals surface area contributed by atoms with Crippen molar-refractivity contribution in [2.24, 2.45) is 0 Å². The third kappa shape index (κ3) is 5.56. The number of aryl methyl sites for hydroxylation is 1. The number of amides is 1. The number of hydrogen-bond acceptors (Lipinski definition) is 4. The van der Waals surface area contributed by atoms with Gasteiger partial charge in [-0.1, -0.05) is 12.7 Å². The molecule has 10 heteroatoms. The summed E-state index contributed by atoms with van der Waals surface area (Å²) < 4.78 is 42.2. The van der Waals surface area contributed by atoms with Crippen LogP contribution in [0.5, 0.6) is 0 Å². The van der Waals surface area contributed by atoms with Crippen LogP contribution in [0.3, 0.4) is 0 Å². The normalized spacial score (nSPS) is 19.5. The number of halogens is 3. The van der Waals surface area contributed by atoms with Crippen LogP contribution in [0.25, 0.3) is 11.9 Å². The fraction of sp³-hybridized carbons (Fsp3) is 0.476. The van der Waals surface area contributed by atoms with Crippen LogP contribution in [0.1, 0.15) is 61.4 Å². The zero-order valence-corrected chi connectivity index (χ0v) is 17.6. The summed E-state index contributed by atoms with van der Waals surface area (Å²) in [6.07, 6.45) is 5.89. The van der Waals surface area contributed by atoms with E-state index in [-0.39, 0.29) is 23.8 Å². The minimum atomic E-state index is -4.52. The summed E-state index contributed by atoms with van der Waals surface area (Å²) in [7, 11) is 0. The van der Waals surface area contributed by atoms with Gasteiger partial charge in [-0.15, -0.1) is 0 Å². The monoisotopic (exact) mass is 436 g/mol. The summed E-state index contributed by atoms with van der Waals surface area (Å²) in [5.74, 6) is 0.367. The first-order valence-corrected chi connectivity index (χ1v) is 10.3. The average molecular weight is 436 g/mol. The van der Waals surface area contributed by atoms with Gasteiger partial charge in [0.1, 0.15) is 11.6 Å². The van der Waals surface area contributed by atoms with E-state index in [9.17, 15) is 18.0 Å². The van der Waals surface area contributed by atoms with Crippen molar-refractivity contribution in [1.82, 2.24) is 30.0 Å². The molecule has 0 radical (unpaired) electrons. The van der Waals surface area contributed by atoms with Gasteiger partial charge < -0.3 is 10.6 Å². The number of aromatic nitrogens is 4. The zero-order valence-electron chi connectivity index (χ0n) is 17.6. The summed E-state index contributed by atoms with van der Waals surface area (Å²) in [6, 6.07) is 0.103. The molecule has 0 atom stereocenters. The second kappa shape index (κ2) is 9.40. The Morgan fingerprint density at radius 2 is 1.87 bits per heavy atom. The molecule has 1 aliphatic carbocycles. The lowest BCUT2D eigenvalue weighted by Gasteiger charge is -2.31. The van der Waals surface area contributed by atoms with Crippen LogP contribution in [0.2, 0.25) is 0 Å². The summed E-state index contributed by atoms with van der Waals surface area (Å²) in [5, 5.41) is 10.4. The summed E-state index contributed by atoms with van der Waals surface area (Å²) in [6.45, 7) is 8.27. The third-order valence-corrected chi connectivity index (χ3v) is 5.28.